The normalized spacial score (nSPS) is 11.5. The van der Waals surface area contributed by atoms with Crippen LogP contribution in [0.2, 0.25) is 0 Å². The largest absolute Gasteiger partial charge is 0.134 e. The third-order valence-corrected chi connectivity index (χ3v) is 8.63. The lowest BCUT2D eigenvalue weighted by molar-refractivity contribution is 2.04. The number of hydrogen-bond acceptors (Lipinski definition) is 0. The zero-order valence-corrected chi connectivity index (χ0v) is 9.60. The monoisotopic (exact) mass is 262 g/mol. The zero-order valence-electron chi connectivity index (χ0n) is 5.39. The highest BCUT2D eigenvalue weighted by atomic mass is 127. The van der Waals surface area contributed by atoms with E-state index >= 15 is 0 Å². The second kappa shape index (κ2) is 4.30. The van der Waals surface area contributed by atoms with E-state index in [0.717, 1.165) is 6.16 Å². The molecule has 8 heavy (non-hydrogen) atoms. The average Bonchev–Trinajstić information content (AvgIpc) is 1.67. The highest BCUT2D eigenvalue weighted by Crippen LogP contribution is 2.39. The Labute approximate surface area is 68.1 Å². The van der Waals surface area contributed by atoms with Crippen LogP contribution in [0.1, 0.15) is 0 Å². The van der Waals surface area contributed by atoms with Crippen LogP contribution in [-0.2, 0) is 0 Å². The Morgan fingerprint density at radius 2 is 2.12 bits per heavy atom. The maximum absolute atomic E-state index is 2.74. The Morgan fingerprint density at radius 1 is 1.62 bits per heavy atom. The summed E-state index contributed by atoms with van der Waals surface area (Å²) in [6.45, 7) is 4.15. The fraction of sp³-hybridized carbons (Fsp3) is 0.800. The van der Waals surface area contributed by atoms with Crippen LogP contribution in [0.3, 0.4) is 0 Å². The average molecular weight is 262 g/mol. The standard InChI is InChI=1S/C5H13IP2/c1-8(2,5-6)4-3-7/h4H,3,5,7H2,1-2H3. The molecule has 50 valence electrons. The third kappa shape index (κ3) is 4.35. The maximum Gasteiger partial charge on any atom is 0.0190 e. The quantitative estimate of drug-likeness (QED) is 0.407. The fourth-order valence-corrected chi connectivity index (χ4v) is 3.55. The first-order valence-corrected chi connectivity index (χ1v) is 7.83. The molecule has 0 N–H and O–H groups in total. The van der Waals surface area contributed by atoms with Gasteiger partial charge in [0.05, 0.1) is 0 Å². The van der Waals surface area contributed by atoms with Crippen molar-refractivity contribution in [3.63, 3.8) is 0 Å². The Kier molecular flexibility index (Phi) is 5.09. The molecule has 0 nitrogen and oxygen atoms in total. The van der Waals surface area contributed by atoms with Crippen LogP contribution in [0, 0.1) is 0 Å². The van der Waals surface area contributed by atoms with E-state index in [4.69, 9.17) is 0 Å². The minimum Gasteiger partial charge on any atom is -0.134 e. The number of halogens is 1. The summed E-state index contributed by atoms with van der Waals surface area (Å²) in [5.41, 5.74) is 0. The second-order valence-corrected chi connectivity index (χ2v) is 9.00. The summed E-state index contributed by atoms with van der Waals surface area (Å²) in [5, 5.41) is 0. The zero-order chi connectivity index (χ0) is 6.62. The third-order valence-electron chi connectivity index (χ3n) is 0.908. The highest BCUT2D eigenvalue weighted by molar-refractivity contribution is 14.1. The van der Waals surface area contributed by atoms with Crippen LogP contribution < -0.4 is 0 Å². The molecule has 3 heteroatoms. The van der Waals surface area contributed by atoms with Gasteiger partial charge in [-0.1, -0.05) is 28.4 Å². The summed E-state index contributed by atoms with van der Waals surface area (Å²) in [4.78, 5) is 0. The van der Waals surface area contributed by atoms with E-state index in [-0.39, 0.29) is 0 Å². The van der Waals surface area contributed by atoms with E-state index in [9.17, 15) is 0 Å². The minimum absolute atomic E-state index is 0.583. The Hall–Kier alpha value is 1.46. The van der Waals surface area contributed by atoms with Gasteiger partial charge in [-0.2, -0.15) is 0 Å². The van der Waals surface area contributed by atoms with Gasteiger partial charge in [0.15, 0.2) is 0 Å². The maximum atomic E-state index is 2.74. The van der Waals surface area contributed by atoms with Crippen LogP contribution in [0.5, 0.6) is 0 Å². The summed E-state index contributed by atoms with van der Waals surface area (Å²) in [7, 11) is 2.74. The summed E-state index contributed by atoms with van der Waals surface area (Å²) in [6, 6.07) is 0. The molecule has 0 aromatic carbocycles. The predicted molar refractivity (Wildman–Crippen MR) is 58.3 cm³/mol. The molecule has 0 heterocycles. The van der Waals surface area contributed by atoms with Crippen molar-refractivity contribution < 1.29 is 0 Å². The van der Waals surface area contributed by atoms with Crippen LogP contribution in [0.4, 0.5) is 0 Å². The van der Waals surface area contributed by atoms with Gasteiger partial charge in [0.2, 0.25) is 0 Å². The molecule has 1 unspecified atom stereocenters. The second-order valence-electron chi connectivity index (χ2n) is 2.32. The van der Waals surface area contributed by atoms with Crippen LogP contribution in [0.25, 0.3) is 0 Å². The van der Waals surface area contributed by atoms with Crippen LogP contribution >= 0.6 is 38.7 Å². The molecule has 0 spiro atoms. The summed E-state index contributed by atoms with van der Waals surface area (Å²) in [5.74, 6) is 2.43. The van der Waals surface area contributed by atoms with Crippen LogP contribution in [0.15, 0.2) is 0 Å². The molecule has 0 amide bonds. The topological polar surface area (TPSA) is 0 Å². The van der Waals surface area contributed by atoms with Gasteiger partial charge in [-0.05, 0) is 19.5 Å². The van der Waals surface area contributed by atoms with E-state index in [1.54, 1.807) is 0 Å². The Balaban J connectivity index is 3.88. The molecular formula is C5H13IP2. The molecule has 1 atom stereocenters. The molecule has 0 aliphatic carbocycles. The molecule has 0 aliphatic heterocycles. The number of rotatable bonds is 2. The van der Waals surface area contributed by atoms with E-state index in [1.807, 2.05) is 0 Å². The molecule has 0 radical (unpaired) electrons. The summed E-state index contributed by atoms with van der Waals surface area (Å²) < 4.78 is 1.32. The first-order valence-electron chi connectivity index (χ1n) is 2.55. The fourth-order valence-electron chi connectivity index (χ4n) is 0.334. The molecule has 0 fully saturated rings. The van der Waals surface area contributed by atoms with Gasteiger partial charge in [-0.15, -0.1) is 16.1 Å². The molecule has 0 rings (SSSR count). The van der Waals surface area contributed by atoms with Crippen molar-refractivity contribution >= 4 is 44.5 Å². The van der Waals surface area contributed by atoms with Crippen molar-refractivity contribution in [2.75, 3.05) is 23.7 Å². The molecule has 0 aliphatic rings. The van der Waals surface area contributed by atoms with E-state index in [1.165, 1.54) is 4.17 Å². The van der Waals surface area contributed by atoms with Gasteiger partial charge in [0, 0.05) is 4.17 Å². The first kappa shape index (κ1) is 9.46. The summed E-state index contributed by atoms with van der Waals surface area (Å²) >= 11 is 2.46. The Morgan fingerprint density at radius 3 is 2.25 bits per heavy atom. The van der Waals surface area contributed by atoms with Gasteiger partial charge in [-0.3, -0.25) is 0 Å². The van der Waals surface area contributed by atoms with Gasteiger partial charge in [0.25, 0.3) is 0 Å². The Bertz CT molecular complexity index is 103. The molecule has 0 saturated heterocycles. The molecule has 0 aromatic rings. The lowest BCUT2D eigenvalue weighted by Crippen LogP contribution is -1.83. The predicted octanol–water partition coefficient (Wildman–Crippen LogP) is 2.33. The molecule has 0 saturated carbocycles. The molecular weight excluding hydrogens is 249 g/mol. The van der Waals surface area contributed by atoms with Crippen molar-refractivity contribution in [3.05, 3.63) is 0 Å². The molecule has 0 bridgehead atoms. The number of alkyl halides is 1. The number of hydrogen-bond donors (Lipinski definition) is 0. The van der Waals surface area contributed by atoms with Gasteiger partial charge in [0.1, 0.15) is 0 Å². The molecule has 0 aromatic heterocycles. The van der Waals surface area contributed by atoms with Gasteiger partial charge >= 0.3 is 0 Å². The van der Waals surface area contributed by atoms with Crippen LogP contribution in [-0.4, -0.2) is 29.5 Å². The lowest BCUT2D eigenvalue weighted by Gasteiger charge is -2.08. The minimum atomic E-state index is -0.583. The highest BCUT2D eigenvalue weighted by Gasteiger charge is 1.96. The van der Waals surface area contributed by atoms with E-state index in [0.29, 0.717) is 0 Å². The first-order chi connectivity index (χ1) is 3.62. The SMILES string of the molecule is CP(C)(=CCP)CI. The van der Waals surface area contributed by atoms with E-state index < -0.39 is 6.89 Å². The van der Waals surface area contributed by atoms with Gasteiger partial charge in [-0.25, -0.2) is 0 Å². The summed E-state index contributed by atoms with van der Waals surface area (Å²) in [6.07, 6.45) is 1.16. The van der Waals surface area contributed by atoms with Gasteiger partial charge < -0.3 is 0 Å². The van der Waals surface area contributed by atoms with Crippen molar-refractivity contribution in [2.24, 2.45) is 0 Å². The van der Waals surface area contributed by atoms with Crippen molar-refractivity contribution in [3.8, 4) is 0 Å². The van der Waals surface area contributed by atoms with Crippen molar-refractivity contribution in [2.45, 2.75) is 0 Å². The van der Waals surface area contributed by atoms with Crippen molar-refractivity contribution in [1.29, 1.82) is 0 Å². The van der Waals surface area contributed by atoms with Crippen molar-refractivity contribution in [1.82, 2.24) is 0 Å². The lowest BCUT2D eigenvalue weighted by atomic mass is 11.0. The van der Waals surface area contributed by atoms with E-state index in [2.05, 4.69) is 51.0 Å². The smallest absolute Gasteiger partial charge is 0.0190 e.